The zero-order valence-corrected chi connectivity index (χ0v) is 14.3. The fraction of sp³-hybridized carbons (Fsp3) is 1.00. The van der Waals surface area contributed by atoms with Gasteiger partial charge in [-0.25, -0.2) is 0 Å². The molecular weight excluding hydrogens is 279 g/mol. The van der Waals surface area contributed by atoms with Crippen LogP contribution in [-0.2, 0) is 13.6 Å². The standard InChI is InChI=1S/C14H27O3PS/c1-13(2)7-8-14(3,4)11-17-18(15,16-10-13)12-6-5-9-19-12/h12H,5-11H2,1-4H3. The van der Waals surface area contributed by atoms with Gasteiger partial charge < -0.3 is 9.05 Å². The molecule has 2 aliphatic heterocycles. The zero-order chi connectivity index (χ0) is 14.1. The van der Waals surface area contributed by atoms with Crippen molar-refractivity contribution in [2.45, 2.75) is 58.4 Å². The highest BCUT2D eigenvalue weighted by Crippen LogP contribution is 2.62. The molecule has 0 bridgehead atoms. The largest absolute Gasteiger partial charge is 0.343 e. The van der Waals surface area contributed by atoms with Crippen LogP contribution in [0, 0.1) is 10.8 Å². The minimum absolute atomic E-state index is 0.0530. The predicted molar refractivity (Wildman–Crippen MR) is 81.8 cm³/mol. The van der Waals surface area contributed by atoms with Crippen LogP contribution in [0.25, 0.3) is 0 Å². The van der Waals surface area contributed by atoms with Crippen molar-refractivity contribution in [1.82, 2.24) is 0 Å². The summed E-state index contributed by atoms with van der Waals surface area (Å²) in [5.41, 5.74) is 0.147. The first-order valence-electron chi connectivity index (χ1n) is 7.23. The Morgan fingerprint density at radius 1 is 1.05 bits per heavy atom. The Hall–Kier alpha value is 0.500. The highest BCUT2D eigenvalue weighted by molar-refractivity contribution is 8.05. The van der Waals surface area contributed by atoms with E-state index >= 15 is 0 Å². The van der Waals surface area contributed by atoms with Gasteiger partial charge in [-0.05, 0) is 42.3 Å². The maximum atomic E-state index is 13.1. The van der Waals surface area contributed by atoms with E-state index in [2.05, 4.69) is 27.7 Å². The third-order valence-corrected chi connectivity index (χ3v) is 8.32. The molecule has 2 rings (SSSR count). The molecule has 19 heavy (non-hydrogen) atoms. The minimum Gasteiger partial charge on any atom is -0.307 e. The summed E-state index contributed by atoms with van der Waals surface area (Å²) in [5, 5.41) is 0. The van der Waals surface area contributed by atoms with Crippen molar-refractivity contribution >= 4 is 19.4 Å². The van der Waals surface area contributed by atoms with Crippen LogP contribution in [0.3, 0.4) is 0 Å². The van der Waals surface area contributed by atoms with Gasteiger partial charge >= 0.3 is 7.60 Å². The lowest BCUT2D eigenvalue weighted by molar-refractivity contribution is 0.140. The van der Waals surface area contributed by atoms with Gasteiger partial charge in [-0.15, -0.1) is 11.8 Å². The monoisotopic (exact) mass is 306 g/mol. The van der Waals surface area contributed by atoms with Gasteiger partial charge in [0.2, 0.25) is 0 Å². The fourth-order valence-corrected chi connectivity index (χ4v) is 6.68. The molecule has 0 aromatic carbocycles. The van der Waals surface area contributed by atoms with Crippen LogP contribution in [0.4, 0.5) is 0 Å². The molecule has 2 fully saturated rings. The van der Waals surface area contributed by atoms with Gasteiger partial charge in [-0.1, -0.05) is 27.7 Å². The van der Waals surface area contributed by atoms with Gasteiger partial charge in [-0.2, -0.15) is 0 Å². The average Bonchev–Trinajstić information content (AvgIpc) is 2.86. The normalized spacial score (nSPS) is 34.2. The Kier molecular flexibility index (Phi) is 4.77. The Bertz CT molecular complexity index is 338. The molecule has 0 aromatic rings. The highest BCUT2D eigenvalue weighted by atomic mass is 32.2. The highest BCUT2D eigenvalue weighted by Gasteiger charge is 2.42. The van der Waals surface area contributed by atoms with E-state index in [1.54, 1.807) is 11.8 Å². The second-order valence-electron chi connectivity index (χ2n) is 7.38. The van der Waals surface area contributed by atoms with Crippen LogP contribution < -0.4 is 0 Å². The van der Waals surface area contributed by atoms with E-state index in [0.717, 1.165) is 31.4 Å². The van der Waals surface area contributed by atoms with Crippen molar-refractivity contribution in [3.05, 3.63) is 0 Å². The second-order valence-corrected chi connectivity index (χ2v) is 11.3. The van der Waals surface area contributed by atoms with Crippen LogP contribution in [0.15, 0.2) is 0 Å². The number of hydrogen-bond acceptors (Lipinski definition) is 4. The zero-order valence-electron chi connectivity index (χ0n) is 12.6. The first-order valence-corrected chi connectivity index (χ1v) is 9.89. The van der Waals surface area contributed by atoms with Gasteiger partial charge in [0.1, 0.15) is 4.99 Å². The summed E-state index contributed by atoms with van der Waals surface area (Å²) in [6.07, 6.45) is 4.25. The molecule has 0 radical (unpaired) electrons. The van der Waals surface area contributed by atoms with Crippen molar-refractivity contribution < 1.29 is 13.6 Å². The molecule has 2 saturated heterocycles. The van der Waals surface area contributed by atoms with Gasteiger partial charge in [-0.3, -0.25) is 4.57 Å². The first kappa shape index (κ1) is 15.9. The third-order valence-electron chi connectivity index (χ3n) is 4.01. The van der Waals surface area contributed by atoms with Crippen LogP contribution in [0.2, 0.25) is 0 Å². The topological polar surface area (TPSA) is 35.5 Å². The Balaban J connectivity index is 2.16. The number of thioether (sulfide) groups is 1. The minimum atomic E-state index is -2.96. The molecule has 2 heterocycles. The molecule has 2 aliphatic rings. The summed E-state index contributed by atoms with van der Waals surface area (Å²) in [5.74, 6) is 1.08. The quantitative estimate of drug-likeness (QED) is 0.645. The Morgan fingerprint density at radius 3 is 2.00 bits per heavy atom. The summed E-state index contributed by atoms with van der Waals surface area (Å²) in [6.45, 7) is 9.86. The van der Waals surface area contributed by atoms with E-state index in [-0.39, 0.29) is 15.8 Å². The molecule has 3 nitrogen and oxygen atoms in total. The Labute approximate surface area is 121 Å². The maximum absolute atomic E-state index is 13.1. The van der Waals surface area contributed by atoms with Crippen molar-refractivity contribution in [3.63, 3.8) is 0 Å². The van der Waals surface area contributed by atoms with Crippen molar-refractivity contribution in [2.24, 2.45) is 10.8 Å². The van der Waals surface area contributed by atoms with Crippen LogP contribution in [-0.4, -0.2) is 24.0 Å². The van der Waals surface area contributed by atoms with Gasteiger partial charge in [0, 0.05) is 0 Å². The van der Waals surface area contributed by atoms with Gasteiger partial charge in [0.25, 0.3) is 0 Å². The van der Waals surface area contributed by atoms with Crippen LogP contribution in [0.5, 0.6) is 0 Å². The fourth-order valence-electron chi connectivity index (χ4n) is 2.36. The summed E-state index contributed by atoms with van der Waals surface area (Å²) < 4.78 is 24.8. The smallest absolute Gasteiger partial charge is 0.307 e. The molecule has 5 heteroatoms. The molecule has 112 valence electrons. The molecule has 0 aliphatic carbocycles. The van der Waals surface area contributed by atoms with E-state index in [4.69, 9.17) is 9.05 Å². The lowest BCUT2D eigenvalue weighted by Crippen LogP contribution is -2.22. The van der Waals surface area contributed by atoms with Gasteiger partial charge in [0.15, 0.2) is 0 Å². The molecule has 1 unspecified atom stereocenters. The van der Waals surface area contributed by atoms with E-state index in [0.29, 0.717) is 13.2 Å². The van der Waals surface area contributed by atoms with Crippen LogP contribution >= 0.6 is 19.4 Å². The van der Waals surface area contributed by atoms with E-state index < -0.39 is 7.60 Å². The maximum Gasteiger partial charge on any atom is 0.343 e. The van der Waals surface area contributed by atoms with E-state index in [9.17, 15) is 4.57 Å². The predicted octanol–water partition coefficient (Wildman–Crippen LogP) is 4.91. The molecular formula is C14H27O3PS. The molecule has 0 aromatic heterocycles. The average molecular weight is 306 g/mol. The molecule has 0 saturated carbocycles. The van der Waals surface area contributed by atoms with E-state index in [1.165, 1.54) is 0 Å². The summed E-state index contributed by atoms with van der Waals surface area (Å²) in [7, 11) is -2.96. The number of hydrogen-bond donors (Lipinski definition) is 0. The van der Waals surface area contributed by atoms with E-state index in [1.807, 2.05) is 0 Å². The molecule has 0 amide bonds. The lowest BCUT2D eigenvalue weighted by atomic mass is 9.80. The molecule has 1 atom stereocenters. The van der Waals surface area contributed by atoms with Gasteiger partial charge in [0.05, 0.1) is 13.2 Å². The van der Waals surface area contributed by atoms with Crippen molar-refractivity contribution in [2.75, 3.05) is 19.0 Å². The first-order chi connectivity index (χ1) is 8.73. The summed E-state index contributed by atoms with van der Waals surface area (Å²) >= 11 is 1.76. The number of rotatable bonds is 1. The SMILES string of the molecule is CC1(C)CCC(C)(C)COP(=O)(C2CCCS2)OC1. The molecule has 0 N–H and O–H groups in total. The van der Waals surface area contributed by atoms with Crippen molar-refractivity contribution in [1.29, 1.82) is 0 Å². The second kappa shape index (κ2) is 5.71. The summed E-state index contributed by atoms with van der Waals surface area (Å²) in [6, 6.07) is 0. The third kappa shape index (κ3) is 4.23. The Morgan fingerprint density at radius 2 is 1.58 bits per heavy atom. The van der Waals surface area contributed by atoms with Crippen LogP contribution in [0.1, 0.15) is 53.4 Å². The molecule has 0 spiro atoms. The van der Waals surface area contributed by atoms with Crippen molar-refractivity contribution in [3.8, 4) is 0 Å². The summed E-state index contributed by atoms with van der Waals surface area (Å²) in [4.78, 5) is 0.0530. The lowest BCUT2D eigenvalue weighted by Gasteiger charge is -2.27.